The molecule has 3 heteroatoms. The maximum Gasteiger partial charge on any atom is 0.250 e. The first-order chi connectivity index (χ1) is 13.6. The minimum atomic E-state index is -1.61. The molecule has 0 saturated heterocycles. The van der Waals surface area contributed by atoms with Crippen molar-refractivity contribution in [3.63, 3.8) is 0 Å². The molecule has 2 aliphatic rings. The van der Waals surface area contributed by atoms with Gasteiger partial charge in [0.15, 0.2) is 0 Å². The van der Waals surface area contributed by atoms with E-state index in [-0.39, 0.29) is 0 Å². The lowest BCUT2D eigenvalue weighted by atomic mass is 9.80. The molecule has 0 unspecified atom stereocenters. The van der Waals surface area contributed by atoms with Crippen LogP contribution in [0.1, 0.15) is 98.3 Å². The third-order valence-corrected chi connectivity index (χ3v) is 11.8. The maximum atomic E-state index is 6.95. The van der Waals surface area contributed by atoms with E-state index >= 15 is 0 Å². The van der Waals surface area contributed by atoms with E-state index < -0.39 is 8.32 Å². The first-order valence-electron chi connectivity index (χ1n) is 12.3. The predicted octanol–water partition coefficient (Wildman–Crippen LogP) is 8.16. The van der Waals surface area contributed by atoms with Crippen LogP contribution in [-0.2, 0) is 9.16 Å². The van der Waals surface area contributed by atoms with Crippen LogP contribution in [0.5, 0.6) is 0 Å². The number of ether oxygens (including phenoxy) is 1. The van der Waals surface area contributed by atoms with E-state index in [0.29, 0.717) is 12.0 Å². The average Bonchev–Trinajstić information content (AvgIpc) is 2.75. The Hall–Kier alpha value is -0.543. The molecule has 0 heterocycles. The average molecular weight is 407 g/mol. The van der Waals surface area contributed by atoms with E-state index in [1.54, 1.807) is 5.57 Å². The number of allylic oxidation sites excluding steroid dienone is 2. The van der Waals surface area contributed by atoms with Crippen molar-refractivity contribution >= 4 is 8.32 Å². The van der Waals surface area contributed by atoms with Crippen molar-refractivity contribution in [2.24, 2.45) is 5.92 Å². The molecule has 0 N–H and O–H groups in total. The molecular formula is C25H46O2Si. The Bertz CT molecular complexity index is 492. The maximum absolute atomic E-state index is 6.95. The second-order valence-electron chi connectivity index (χ2n) is 9.07. The lowest BCUT2D eigenvalue weighted by Crippen LogP contribution is -2.36. The molecule has 28 heavy (non-hydrogen) atoms. The van der Waals surface area contributed by atoms with E-state index in [1.807, 2.05) is 0 Å². The first-order valence-corrected chi connectivity index (χ1v) is 14.8. The van der Waals surface area contributed by atoms with Gasteiger partial charge >= 0.3 is 0 Å². The molecule has 1 atom stereocenters. The third-order valence-electron chi connectivity index (χ3n) is 7.30. The van der Waals surface area contributed by atoms with Gasteiger partial charge in [0, 0.05) is 12.3 Å². The fourth-order valence-electron chi connectivity index (χ4n) is 5.03. The zero-order valence-corrected chi connectivity index (χ0v) is 20.3. The van der Waals surface area contributed by atoms with Crippen molar-refractivity contribution in [1.29, 1.82) is 0 Å². The molecule has 1 fully saturated rings. The van der Waals surface area contributed by atoms with Crippen LogP contribution in [0.2, 0.25) is 18.1 Å². The summed E-state index contributed by atoms with van der Waals surface area (Å²) in [6.45, 7) is 14.6. The predicted molar refractivity (Wildman–Crippen MR) is 124 cm³/mol. The normalized spacial score (nSPS) is 21.8. The summed E-state index contributed by atoms with van der Waals surface area (Å²) >= 11 is 0. The molecular weight excluding hydrogens is 360 g/mol. The summed E-state index contributed by atoms with van der Waals surface area (Å²) in [5.41, 5.74) is 2.88. The van der Waals surface area contributed by atoms with Gasteiger partial charge in [0.25, 0.3) is 0 Å². The number of unbranched alkanes of at least 4 members (excludes halogenated alkanes) is 1. The van der Waals surface area contributed by atoms with Crippen molar-refractivity contribution in [2.45, 2.75) is 123 Å². The lowest BCUT2D eigenvalue weighted by Gasteiger charge is -2.37. The van der Waals surface area contributed by atoms with E-state index in [1.165, 1.54) is 93.7 Å². The van der Waals surface area contributed by atoms with Crippen LogP contribution in [0, 0.1) is 5.92 Å². The quantitative estimate of drug-likeness (QED) is 0.240. The van der Waals surface area contributed by atoms with Crippen molar-refractivity contribution in [3.05, 3.63) is 23.5 Å². The van der Waals surface area contributed by atoms with Gasteiger partial charge in [-0.15, -0.1) is 0 Å². The van der Waals surface area contributed by atoms with Crippen molar-refractivity contribution in [3.8, 4) is 0 Å². The summed E-state index contributed by atoms with van der Waals surface area (Å²) in [5.74, 6) is 1.84. The van der Waals surface area contributed by atoms with Crippen LogP contribution in [0.25, 0.3) is 0 Å². The van der Waals surface area contributed by atoms with Crippen molar-refractivity contribution < 1.29 is 9.16 Å². The Morgan fingerprint density at radius 1 is 0.964 bits per heavy atom. The molecule has 2 rings (SSSR count). The summed E-state index contributed by atoms with van der Waals surface area (Å²) in [6, 6.07) is 3.67. The summed E-state index contributed by atoms with van der Waals surface area (Å²) in [5, 5.41) is 0. The number of rotatable bonds is 12. The second-order valence-corrected chi connectivity index (χ2v) is 13.8. The Labute approximate surface area is 176 Å². The molecule has 0 radical (unpaired) electrons. The lowest BCUT2D eigenvalue weighted by molar-refractivity contribution is 0.0396. The molecule has 0 amide bonds. The molecule has 0 aromatic heterocycles. The van der Waals surface area contributed by atoms with Gasteiger partial charge in [0.05, 0.1) is 18.5 Å². The zero-order valence-electron chi connectivity index (χ0n) is 19.3. The summed E-state index contributed by atoms with van der Waals surface area (Å²) in [7, 11) is -1.61. The van der Waals surface area contributed by atoms with Crippen LogP contribution in [0.15, 0.2) is 23.5 Å². The van der Waals surface area contributed by atoms with Crippen LogP contribution >= 0.6 is 0 Å². The van der Waals surface area contributed by atoms with Crippen LogP contribution < -0.4 is 0 Å². The largest absolute Gasteiger partial charge is 0.547 e. The number of hydrogen-bond donors (Lipinski definition) is 0. The molecule has 1 saturated carbocycles. The monoisotopic (exact) mass is 406 g/mol. The zero-order chi connectivity index (χ0) is 20.4. The summed E-state index contributed by atoms with van der Waals surface area (Å²) in [6.07, 6.45) is 14.3. The van der Waals surface area contributed by atoms with Crippen LogP contribution in [-0.4, -0.2) is 21.0 Å². The Morgan fingerprint density at radius 3 is 2.25 bits per heavy atom. The molecule has 0 spiro atoms. The van der Waals surface area contributed by atoms with E-state index in [4.69, 9.17) is 9.16 Å². The Morgan fingerprint density at radius 2 is 1.64 bits per heavy atom. The van der Waals surface area contributed by atoms with E-state index in [0.717, 1.165) is 13.0 Å². The van der Waals surface area contributed by atoms with Crippen molar-refractivity contribution in [1.82, 2.24) is 0 Å². The molecule has 0 aromatic rings. The SMILES string of the molecule is C=C(COC1CCCCC1)[C@H]1CCCC(O[Si](CC)(CC)CC)=C1CCCC. The highest BCUT2D eigenvalue weighted by atomic mass is 28.4. The Kier molecular flexibility index (Phi) is 10.4. The molecule has 2 nitrogen and oxygen atoms in total. The highest BCUT2D eigenvalue weighted by Crippen LogP contribution is 2.40. The van der Waals surface area contributed by atoms with Crippen LogP contribution in [0.3, 0.4) is 0 Å². The molecule has 2 aliphatic carbocycles. The molecule has 0 aliphatic heterocycles. The van der Waals surface area contributed by atoms with Gasteiger partial charge in [-0.1, -0.05) is 60.0 Å². The highest BCUT2D eigenvalue weighted by Gasteiger charge is 2.34. The minimum Gasteiger partial charge on any atom is -0.547 e. The minimum absolute atomic E-state index is 0.466. The van der Waals surface area contributed by atoms with Gasteiger partial charge in [-0.2, -0.15) is 0 Å². The standard InChI is InChI=1S/C25H46O2Si/c1-6-10-17-24-23(21(5)20-26-22-15-12-11-13-16-22)18-14-19-25(24)27-28(7-2,8-3)9-4/h22-23H,5-20H2,1-4H3/t23-/m1/s1. The number of hydrogen-bond acceptors (Lipinski definition) is 2. The van der Waals surface area contributed by atoms with Gasteiger partial charge in [-0.05, 0) is 67.8 Å². The van der Waals surface area contributed by atoms with Gasteiger partial charge in [-0.25, -0.2) is 0 Å². The second kappa shape index (κ2) is 12.2. The van der Waals surface area contributed by atoms with Gasteiger partial charge < -0.3 is 9.16 Å². The smallest absolute Gasteiger partial charge is 0.250 e. The van der Waals surface area contributed by atoms with Gasteiger partial charge in [-0.3, -0.25) is 0 Å². The fraction of sp³-hybridized carbons (Fsp3) is 0.840. The van der Waals surface area contributed by atoms with E-state index in [9.17, 15) is 0 Å². The topological polar surface area (TPSA) is 18.5 Å². The summed E-state index contributed by atoms with van der Waals surface area (Å²) in [4.78, 5) is 0. The van der Waals surface area contributed by atoms with Crippen molar-refractivity contribution in [2.75, 3.05) is 6.61 Å². The first kappa shape index (κ1) is 23.7. The highest BCUT2D eigenvalue weighted by molar-refractivity contribution is 6.73. The molecule has 162 valence electrons. The molecule has 0 aromatic carbocycles. The fourth-order valence-corrected chi connectivity index (χ4v) is 7.72. The van der Waals surface area contributed by atoms with Gasteiger partial charge in [0.1, 0.15) is 0 Å². The summed E-state index contributed by atoms with van der Waals surface area (Å²) < 4.78 is 13.2. The van der Waals surface area contributed by atoms with E-state index in [2.05, 4.69) is 34.3 Å². The van der Waals surface area contributed by atoms with Gasteiger partial charge in [0.2, 0.25) is 8.32 Å². The molecule has 0 bridgehead atoms. The third kappa shape index (κ3) is 6.48. The Balaban J connectivity index is 2.12. The van der Waals surface area contributed by atoms with Crippen LogP contribution in [0.4, 0.5) is 0 Å².